The van der Waals surface area contributed by atoms with E-state index in [1.807, 2.05) is 14.7 Å². The van der Waals surface area contributed by atoms with Crippen LogP contribution in [0, 0.1) is 34.9 Å². The van der Waals surface area contributed by atoms with E-state index in [0.29, 0.717) is 129 Å². The number of anilines is 5. The predicted molar refractivity (Wildman–Crippen MR) is 413 cm³/mol. The van der Waals surface area contributed by atoms with Crippen LogP contribution in [0.15, 0.2) is 179 Å². The van der Waals surface area contributed by atoms with Gasteiger partial charge in [0, 0.05) is 73.7 Å². The number of sulfone groups is 3. The molecule has 0 radical (unpaired) electrons. The van der Waals surface area contributed by atoms with E-state index in [0.717, 1.165) is 74.4 Å². The lowest BCUT2D eigenvalue weighted by molar-refractivity contribution is 0.0698. The van der Waals surface area contributed by atoms with E-state index in [1.54, 1.807) is 82.5 Å². The number of imidazole rings is 2. The zero-order valence-electron chi connectivity index (χ0n) is 58.9. The van der Waals surface area contributed by atoms with Crippen LogP contribution in [0.25, 0.3) is 61.8 Å². The van der Waals surface area contributed by atoms with Gasteiger partial charge in [-0.25, -0.2) is 94.9 Å². The van der Waals surface area contributed by atoms with E-state index in [9.17, 15) is 66.1 Å². The fourth-order valence-electron chi connectivity index (χ4n) is 13.4. The maximum absolute atomic E-state index is 14.5. The van der Waals surface area contributed by atoms with Gasteiger partial charge in [-0.3, -0.25) is 4.57 Å². The number of carbonyl (C=O) groups is 1. The number of hydrogen-bond acceptors (Lipinski definition) is 21. The summed E-state index contributed by atoms with van der Waals surface area (Å²) in [6, 6.07) is 28.5. The number of nitrogens with one attached hydrogen (secondary N) is 2. The van der Waals surface area contributed by atoms with Crippen LogP contribution < -0.4 is 26.2 Å². The summed E-state index contributed by atoms with van der Waals surface area (Å²) in [5.41, 5.74) is 17.4. The van der Waals surface area contributed by atoms with Crippen molar-refractivity contribution in [2.24, 2.45) is 0 Å². The number of nitrogens with zero attached hydrogens (tertiary/aromatic N) is 14. The highest BCUT2D eigenvalue weighted by atomic mass is 36.0. The molecule has 6 aromatic carbocycles. The van der Waals surface area contributed by atoms with Crippen molar-refractivity contribution < 1.29 is 66.1 Å². The molecule has 0 saturated carbocycles. The molecule has 7 N–H and O–H groups in total. The Kier molecular flexibility index (Phi) is 22.4. The lowest BCUT2D eigenvalue weighted by Crippen LogP contribution is -2.24. The van der Waals surface area contributed by atoms with Gasteiger partial charge in [-0.15, -0.1) is 0 Å². The van der Waals surface area contributed by atoms with Gasteiger partial charge in [0.05, 0.1) is 96.0 Å². The van der Waals surface area contributed by atoms with Crippen molar-refractivity contribution in [3.8, 4) is 22.8 Å². The summed E-state index contributed by atoms with van der Waals surface area (Å²) in [5.74, 6) is -1.13. The van der Waals surface area contributed by atoms with E-state index in [1.165, 1.54) is 59.2 Å². The summed E-state index contributed by atoms with van der Waals surface area (Å²) < 4.78 is 168. The molecule has 112 heavy (non-hydrogen) atoms. The number of aromatic amines is 2. The molecule has 27 nitrogen and oxygen atoms in total. The van der Waals surface area contributed by atoms with Gasteiger partial charge in [-0.2, -0.15) is 15.3 Å². The van der Waals surface area contributed by atoms with E-state index >= 15 is 0 Å². The zero-order chi connectivity index (χ0) is 80.0. The first-order valence-electron chi connectivity index (χ1n) is 33.9. The Morgan fingerprint density at radius 1 is 0.464 bits per heavy atom. The number of fused-ring (bicyclic) bond motifs is 5. The summed E-state index contributed by atoms with van der Waals surface area (Å²) in [6.45, 7) is 1.94. The van der Waals surface area contributed by atoms with Crippen LogP contribution in [0.2, 0.25) is 0 Å². The SMILES string of the molecule is CS(=O)(=O)c1ccc(N)c(N)c1.CS(=O)(=O)c1ccc2nc(-c3cnn4ccc(N5CCC[C@@H]5c5cc(F)ccc5F)nc34)[nH]c2c1.CS(=O)(=O)c1ccc2nc(-c3cnn4ccc(N5CCC[C@@H]5c5cc(F)ccc5F)nc34)[nH]c2c1.O=C(O)c1cnn2ccc(N3CCCC3c3cc(F)ccc3F)nc12.O=P(Cl)(Cl)Cl. The van der Waals surface area contributed by atoms with Crippen molar-refractivity contribution in [3.05, 3.63) is 222 Å². The molecule has 0 spiro atoms. The van der Waals surface area contributed by atoms with Crippen LogP contribution in [0.5, 0.6) is 0 Å². The highest BCUT2D eigenvalue weighted by Gasteiger charge is 2.34. The number of nitrogen functional groups attached to an aromatic ring is 2. The lowest BCUT2D eigenvalue weighted by atomic mass is 10.0. The molecule has 11 heterocycles. The number of aromatic nitrogens is 13. The summed E-state index contributed by atoms with van der Waals surface area (Å²) in [4.78, 5) is 47.2. The van der Waals surface area contributed by atoms with Crippen LogP contribution in [0.3, 0.4) is 0 Å². The normalized spacial score (nSPS) is 16.0. The first-order chi connectivity index (χ1) is 53.0. The number of benzene rings is 6. The summed E-state index contributed by atoms with van der Waals surface area (Å²) in [7, 11) is -9.89. The Hall–Kier alpha value is -10.9. The van der Waals surface area contributed by atoms with E-state index in [4.69, 9.17) is 21.4 Å². The molecule has 0 amide bonds. The molecule has 3 aliphatic heterocycles. The molecular formula is C72H64Cl3F6N18O9PS3. The Morgan fingerprint density at radius 2 is 0.804 bits per heavy atom. The number of hydrogen-bond donors (Lipinski definition) is 5. The van der Waals surface area contributed by atoms with Crippen LogP contribution in [-0.4, -0.2) is 138 Å². The fourth-order valence-corrected chi connectivity index (χ4v) is 15.4. The molecule has 8 aromatic heterocycles. The van der Waals surface area contributed by atoms with Gasteiger partial charge in [0.2, 0.25) is 0 Å². The van der Waals surface area contributed by atoms with Crippen LogP contribution in [0.4, 0.5) is 55.2 Å². The second-order valence-electron chi connectivity index (χ2n) is 26.2. The number of aromatic carboxylic acids is 1. The Labute approximate surface area is 648 Å². The lowest BCUT2D eigenvalue weighted by Gasteiger charge is -2.26. The third-order valence-electron chi connectivity index (χ3n) is 18.6. The van der Waals surface area contributed by atoms with Crippen molar-refractivity contribution in [3.63, 3.8) is 0 Å². The second kappa shape index (κ2) is 31.7. The quantitative estimate of drug-likeness (QED) is 0.0431. The monoisotopic (exact) mass is 1670 g/mol. The number of nitrogens with two attached hydrogens (primary N) is 2. The van der Waals surface area contributed by atoms with E-state index in [2.05, 4.69) is 73.9 Å². The fraction of sp³-hybridized carbons (Fsp3) is 0.208. The van der Waals surface area contributed by atoms with Crippen molar-refractivity contribution in [1.82, 2.24) is 63.7 Å². The second-order valence-corrected chi connectivity index (χ2v) is 38.9. The highest BCUT2D eigenvalue weighted by molar-refractivity contribution is 8.24. The topological polar surface area (TPSA) is 366 Å². The molecular weight excluding hydrogens is 1610 g/mol. The minimum Gasteiger partial charge on any atom is -0.477 e. The maximum atomic E-state index is 14.5. The highest BCUT2D eigenvalue weighted by Crippen LogP contribution is 2.61. The summed E-state index contributed by atoms with van der Waals surface area (Å²) in [5, 5.41) is 18.7. The van der Waals surface area contributed by atoms with Crippen molar-refractivity contribution >= 4 is 142 Å². The average Bonchev–Trinajstić information content (AvgIpc) is 1.62. The zero-order valence-corrected chi connectivity index (χ0v) is 64.5. The Balaban J connectivity index is 0.000000134. The standard InChI is InChI=1S/2C24H20F2N6O2S.C17H14F2N4O2.C7H10N2O2S.Cl3OP/c2*1-35(33,34)15-5-7-19-20(12-15)29-23(28-19)17-13-27-32-10-8-22(30-24(17)32)31-9-2-3-21(31)16-11-14(25)4-6-18(16)26;18-10-3-4-13(19)11(8-10)14-2-1-6-22(14)15-5-7-23-16(21-15)12(9-20-23)17(24)25;1-12(10,11)5-2-3-6(8)7(9)4-5;1-5(2,3)4/h2*4-8,10-13,21H,2-3,9H2,1H3,(H,28,29);3-5,7-9,14H,1-2,6H2,(H,24,25);2-4H,8-9H2,1H3;/t2*21-;;;/m11.../s1. The molecule has 3 atom stereocenters. The summed E-state index contributed by atoms with van der Waals surface area (Å²) in [6.07, 6.45) is 17.6. The van der Waals surface area contributed by atoms with Gasteiger partial charge in [0.25, 0.3) is 0 Å². The molecule has 17 rings (SSSR count). The third-order valence-corrected chi connectivity index (χ3v) is 22.0. The smallest absolute Gasteiger partial charge is 0.341 e. The van der Waals surface area contributed by atoms with Gasteiger partial charge in [0.15, 0.2) is 46.5 Å². The molecule has 0 bridgehead atoms. The molecule has 3 aliphatic rings. The molecule has 582 valence electrons. The van der Waals surface area contributed by atoms with E-state index in [-0.39, 0.29) is 55.3 Å². The summed E-state index contributed by atoms with van der Waals surface area (Å²) >= 11 is 13.8. The predicted octanol–water partition coefficient (Wildman–Crippen LogP) is 14.7. The van der Waals surface area contributed by atoms with Crippen molar-refractivity contribution in [1.29, 1.82) is 0 Å². The van der Waals surface area contributed by atoms with Gasteiger partial charge in [-0.1, -0.05) is 0 Å². The van der Waals surface area contributed by atoms with Crippen LogP contribution in [-0.2, 0) is 34.1 Å². The molecule has 40 heteroatoms. The van der Waals surface area contributed by atoms with Crippen molar-refractivity contribution in [2.45, 2.75) is 71.3 Å². The molecule has 3 fully saturated rings. The molecule has 3 saturated heterocycles. The van der Waals surface area contributed by atoms with Gasteiger partial charge in [-0.05, 0) is 200 Å². The minimum atomic E-state index is -3.35. The van der Waals surface area contributed by atoms with Crippen molar-refractivity contribution in [2.75, 3.05) is 64.6 Å². The number of halogens is 9. The first-order valence-corrected chi connectivity index (χ1v) is 44.0. The molecule has 1 unspecified atom stereocenters. The van der Waals surface area contributed by atoms with Gasteiger partial charge < -0.3 is 41.2 Å². The number of carboxylic acid groups (broad SMARTS) is 1. The number of H-pyrrole nitrogens is 2. The third kappa shape index (κ3) is 17.6. The molecule has 0 aliphatic carbocycles. The van der Waals surface area contributed by atoms with E-state index < -0.39 is 75.6 Å². The average molecular weight is 1670 g/mol. The minimum absolute atomic E-state index is 0.00506. The maximum Gasteiger partial charge on any atom is 0.341 e. The number of carboxylic acids is 1. The number of rotatable bonds is 12. The first kappa shape index (κ1) is 79.2. The Morgan fingerprint density at radius 3 is 1.16 bits per heavy atom. The largest absolute Gasteiger partial charge is 0.477 e. The van der Waals surface area contributed by atoms with Crippen LogP contribution in [0.1, 0.15) is 83.7 Å². The Bertz CT molecular complexity index is 6150. The van der Waals surface area contributed by atoms with Crippen LogP contribution >= 0.6 is 38.9 Å². The molecule has 14 aromatic rings. The van der Waals surface area contributed by atoms with Gasteiger partial charge in [0.1, 0.15) is 69.6 Å². The van der Waals surface area contributed by atoms with Gasteiger partial charge >= 0.3 is 11.2 Å².